The van der Waals surface area contributed by atoms with Gasteiger partial charge in [0.15, 0.2) is 0 Å². The van der Waals surface area contributed by atoms with Gasteiger partial charge in [-0.1, -0.05) is 29.8 Å². The first-order valence-corrected chi connectivity index (χ1v) is 9.81. The highest BCUT2D eigenvalue weighted by Crippen LogP contribution is 2.16. The lowest BCUT2D eigenvalue weighted by Gasteiger charge is -2.32. The van der Waals surface area contributed by atoms with Gasteiger partial charge in [-0.05, 0) is 31.4 Å². The number of aryl methyl sites for hydroxylation is 1. The molecule has 0 unspecified atom stereocenters. The zero-order valence-electron chi connectivity index (χ0n) is 14.5. The fourth-order valence-electron chi connectivity index (χ4n) is 3.01. The molecule has 25 heavy (non-hydrogen) atoms. The molecule has 0 spiro atoms. The molecule has 0 saturated carbocycles. The molecule has 1 N–H and O–H groups in total. The van der Waals surface area contributed by atoms with E-state index in [4.69, 9.17) is 0 Å². The summed E-state index contributed by atoms with van der Waals surface area (Å²) in [4.78, 5) is 22.9. The van der Waals surface area contributed by atoms with Gasteiger partial charge in [0.1, 0.15) is 0 Å². The van der Waals surface area contributed by atoms with Crippen molar-refractivity contribution >= 4 is 23.6 Å². The maximum absolute atomic E-state index is 12.1. The van der Waals surface area contributed by atoms with Crippen molar-refractivity contribution in [3.05, 3.63) is 53.9 Å². The molecule has 0 radical (unpaired) electrons. The Bertz CT molecular complexity index is 687. The Labute approximate surface area is 153 Å². The maximum atomic E-state index is 12.1. The van der Waals surface area contributed by atoms with Crippen LogP contribution in [0.4, 0.5) is 5.95 Å². The van der Waals surface area contributed by atoms with Crippen LogP contribution >= 0.6 is 11.8 Å². The summed E-state index contributed by atoms with van der Waals surface area (Å²) >= 11 is 1.67. The van der Waals surface area contributed by atoms with E-state index in [1.54, 1.807) is 24.2 Å². The minimum atomic E-state index is 0.132. The molecular formula is C19H24N4OS. The SMILES string of the molecule is Cc1cccc(CSCC(=O)NC2CCN(c3ncccn3)CC2)c1. The number of thioether (sulfide) groups is 1. The van der Waals surface area contributed by atoms with Crippen LogP contribution in [-0.4, -0.2) is 40.8 Å². The number of carbonyl (C=O) groups is 1. The third-order valence-electron chi connectivity index (χ3n) is 4.28. The number of hydrogen-bond donors (Lipinski definition) is 1. The van der Waals surface area contributed by atoms with Crippen LogP contribution in [0.15, 0.2) is 42.7 Å². The van der Waals surface area contributed by atoms with E-state index in [0.717, 1.165) is 37.6 Å². The number of anilines is 1. The van der Waals surface area contributed by atoms with Crippen LogP contribution in [0, 0.1) is 6.92 Å². The second-order valence-corrected chi connectivity index (χ2v) is 7.35. The summed E-state index contributed by atoms with van der Waals surface area (Å²) in [6, 6.07) is 10.5. The molecule has 1 aromatic carbocycles. The van der Waals surface area contributed by atoms with Crippen molar-refractivity contribution in [1.82, 2.24) is 15.3 Å². The Balaban J connectivity index is 1.36. The van der Waals surface area contributed by atoms with Crippen LogP contribution in [0.5, 0.6) is 0 Å². The molecule has 6 heteroatoms. The average Bonchev–Trinajstić information content (AvgIpc) is 2.63. The molecule has 132 valence electrons. The van der Waals surface area contributed by atoms with Crippen molar-refractivity contribution in [2.24, 2.45) is 0 Å². The van der Waals surface area contributed by atoms with Gasteiger partial charge in [-0.15, -0.1) is 11.8 Å². The van der Waals surface area contributed by atoms with Crippen molar-refractivity contribution in [1.29, 1.82) is 0 Å². The summed E-state index contributed by atoms with van der Waals surface area (Å²) in [5.41, 5.74) is 2.53. The Morgan fingerprint density at radius 3 is 2.72 bits per heavy atom. The van der Waals surface area contributed by atoms with Crippen molar-refractivity contribution in [3.8, 4) is 0 Å². The zero-order chi connectivity index (χ0) is 17.5. The van der Waals surface area contributed by atoms with E-state index in [2.05, 4.69) is 51.4 Å². The molecule has 0 bridgehead atoms. The Kier molecular flexibility index (Phi) is 6.28. The van der Waals surface area contributed by atoms with Crippen LogP contribution in [0.2, 0.25) is 0 Å². The number of hydrogen-bond acceptors (Lipinski definition) is 5. The Morgan fingerprint density at radius 2 is 2.00 bits per heavy atom. The molecule has 2 heterocycles. The van der Waals surface area contributed by atoms with E-state index < -0.39 is 0 Å². The first-order valence-electron chi connectivity index (χ1n) is 8.65. The summed E-state index contributed by atoms with van der Waals surface area (Å²) in [6.07, 6.45) is 5.41. The molecule has 2 aromatic rings. The highest BCUT2D eigenvalue weighted by Gasteiger charge is 2.21. The van der Waals surface area contributed by atoms with Crippen LogP contribution in [-0.2, 0) is 10.5 Å². The van der Waals surface area contributed by atoms with Crippen LogP contribution in [0.3, 0.4) is 0 Å². The number of rotatable bonds is 6. The summed E-state index contributed by atoms with van der Waals surface area (Å²) in [5.74, 6) is 2.29. The second-order valence-electron chi connectivity index (χ2n) is 6.36. The van der Waals surface area contributed by atoms with Crippen LogP contribution in [0.25, 0.3) is 0 Å². The van der Waals surface area contributed by atoms with E-state index in [-0.39, 0.29) is 11.9 Å². The van der Waals surface area contributed by atoms with E-state index in [1.165, 1.54) is 11.1 Å². The van der Waals surface area contributed by atoms with Gasteiger partial charge in [0.2, 0.25) is 11.9 Å². The minimum absolute atomic E-state index is 0.132. The number of carbonyl (C=O) groups excluding carboxylic acids is 1. The molecule has 1 fully saturated rings. The molecule has 0 atom stereocenters. The minimum Gasteiger partial charge on any atom is -0.353 e. The number of nitrogens with zero attached hydrogens (tertiary/aromatic N) is 3. The number of aromatic nitrogens is 2. The number of benzene rings is 1. The lowest BCUT2D eigenvalue weighted by molar-refractivity contribution is -0.119. The molecule has 3 rings (SSSR count). The average molecular weight is 356 g/mol. The molecule has 5 nitrogen and oxygen atoms in total. The largest absolute Gasteiger partial charge is 0.353 e. The fraction of sp³-hybridized carbons (Fsp3) is 0.421. The van der Waals surface area contributed by atoms with Crippen LogP contribution < -0.4 is 10.2 Å². The molecule has 1 saturated heterocycles. The van der Waals surface area contributed by atoms with Crippen molar-refractivity contribution in [2.45, 2.75) is 31.6 Å². The van der Waals surface area contributed by atoms with Gasteiger partial charge >= 0.3 is 0 Å². The van der Waals surface area contributed by atoms with E-state index >= 15 is 0 Å². The molecule has 1 aliphatic heterocycles. The van der Waals surface area contributed by atoms with Crippen molar-refractivity contribution in [2.75, 3.05) is 23.7 Å². The van der Waals surface area contributed by atoms with Gasteiger partial charge < -0.3 is 10.2 Å². The summed E-state index contributed by atoms with van der Waals surface area (Å²) in [5, 5.41) is 3.16. The third-order valence-corrected chi connectivity index (χ3v) is 5.28. The maximum Gasteiger partial charge on any atom is 0.230 e. The molecule has 1 aliphatic rings. The molecule has 1 amide bonds. The van der Waals surface area contributed by atoms with Gasteiger partial charge in [-0.3, -0.25) is 4.79 Å². The van der Waals surface area contributed by atoms with Crippen molar-refractivity contribution in [3.63, 3.8) is 0 Å². The molecule has 1 aromatic heterocycles. The summed E-state index contributed by atoms with van der Waals surface area (Å²) in [7, 11) is 0. The third kappa shape index (κ3) is 5.46. The van der Waals surface area contributed by atoms with Gasteiger partial charge in [-0.2, -0.15) is 0 Å². The topological polar surface area (TPSA) is 58.1 Å². The standard InChI is InChI=1S/C19H24N4OS/c1-15-4-2-5-16(12-15)13-25-14-18(24)22-17-6-10-23(11-7-17)19-20-8-3-9-21-19/h2-5,8-9,12,17H,6-7,10-11,13-14H2,1H3,(H,22,24). The number of amides is 1. The Morgan fingerprint density at radius 1 is 1.24 bits per heavy atom. The zero-order valence-corrected chi connectivity index (χ0v) is 15.3. The predicted octanol–water partition coefficient (Wildman–Crippen LogP) is 2.80. The molecular weight excluding hydrogens is 332 g/mol. The van der Waals surface area contributed by atoms with Crippen molar-refractivity contribution < 1.29 is 4.79 Å². The Hall–Kier alpha value is -2.08. The van der Waals surface area contributed by atoms with Gasteiger partial charge in [0, 0.05) is 37.3 Å². The van der Waals surface area contributed by atoms with Gasteiger partial charge in [0.25, 0.3) is 0 Å². The highest BCUT2D eigenvalue weighted by molar-refractivity contribution is 7.99. The normalized spacial score (nSPS) is 15.2. The summed E-state index contributed by atoms with van der Waals surface area (Å²) in [6.45, 7) is 3.85. The summed E-state index contributed by atoms with van der Waals surface area (Å²) < 4.78 is 0. The van der Waals surface area contributed by atoms with Gasteiger partial charge in [0.05, 0.1) is 5.75 Å². The molecule has 0 aliphatic carbocycles. The smallest absolute Gasteiger partial charge is 0.230 e. The van der Waals surface area contributed by atoms with E-state index in [9.17, 15) is 4.79 Å². The predicted molar refractivity (Wildman–Crippen MR) is 103 cm³/mol. The van der Waals surface area contributed by atoms with Gasteiger partial charge in [-0.25, -0.2) is 9.97 Å². The monoisotopic (exact) mass is 356 g/mol. The lowest BCUT2D eigenvalue weighted by Crippen LogP contribution is -2.45. The first kappa shape index (κ1) is 17.7. The van der Waals surface area contributed by atoms with E-state index in [1.807, 2.05) is 6.07 Å². The highest BCUT2D eigenvalue weighted by atomic mass is 32.2. The number of nitrogens with one attached hydrogen (secondary N) is 1. The number of piperidine rings is 1. The fourth-order valence-corrected chi connectivity index (χ4v) is 3.80. The lowest BCUT2D eigenvalue weighted by atomic mass is 10.1. The quantitative estimate of drug-likeness (QED) is 0.862. The second kappa shape index (κ2) is 8.85. The van der Waals surface area contributed by atoms with Crippen LogP contribution in [0.1, 0.15) is 24.0 Å². The van der Waals surface area contributed by atoms with E-state index in [0.29, 0.717) is 5.75 Å². The first-order chi connectivity index (χ1) is 12.2.